The van der Waals surface area contributed by atoms with Crippen LogP contribution in [0.5, 0.6) is 0 Å². The molecule has 0 unspecified atom stereocenters. The van der Waals surface area contributed by atoms with Gasteiger partial charge < -0.3 is 4.43 Å². The molecule has 0 atom stereocenters. The fourth-order valence-electron chi connectivity index (χ4n) is 2.55. The normalized spacial score (nSPS) is 13.6. The maximum atomic E-state index is 12.0. The van der Waals surface area contributed by atoms with Gasteiger partial charge in [0.05, 0.1) is 6.26 Å². The lowest BCUT2D eigenvalue weighted by Gasteiger charge is -2.40. The molecule has 0 rings (SSSR count). The van der Waals surface area contributed by atoms with Crippen molar-refractivity contribution in [3.63, 3.8) is 0 Å². The van der Waals surface area contributed by atoms with E-state index in [2.05, 4.69) is 41.5 Å². The number of hydrogen-bond acceptors (Lipinski definition) is 1. The number of hydrogen-bond donors (Lipinski definition) is 0. The van der Waals surface area contributed by atoms with Crippen molar-refractivity contribution in [3.8, 4) is 0 Å². The molecule has 0 aliphatic heterocycles. The summed E-state index contributed by atoms with van der Waals surface area (Å²) in [6.45, 7) is 13.1. The lowest BCUT2D eigenvalue weighted by Crippen LogP contribution is -2.46. The third kappa shape index (κ3) is 2.59. The van der Waals surface area contributed by atoms with Crippen LogP contribution < -0.4 is 0 Å². The quantitative estimate of drug-likeness (QED) is 0.483. The van der Waals surface area contributed by atoms with E-state index in [-0.39, 0.29) is 0 Å². The number of halogens is 1. The highest BCUT2D eigenvalue weighted by Gasteiger charge is 2.46. The van der Waals surface area contributed by atoms with E-state index >= 15 is 0 Å². The van der Waals surface area contributed by atoms with Crippen LogP contribution in [0.4, 0.5) is 4.39 Å². The van der Waals surface area contributed by atoms with Gasteiger partial charge in [-0.1, -0.05) is 41.5 Å². The first-order chi connectivity index (χ1) is 6.39. The molecule has 0 radical (unpaired) electrons. The van der Waals surface area contributed by atoms with E-state index in [1.165, 1.54) is 6.26 Å². The molecule has 0 aliphatic rings. The first-order valence-corrected chi connectivity index (χ1v) is 7.46. The summed E-state index contributed by atoms with van der Waals surface area (Å²) >= 11 is 0. The second-order valence-electron chi connectivity index (χ2n) is 4.70. The van der Waals surface area contributed by atoms with Crippen molar-refractivity contribution < 1.29 is 8.82 Å². The minimum absolute atomic E-state index is 0.495. The Morgan fingerprint density at radius 3 is 1.50 bits per heavy atom. The van der Waals surface area contributed by atoms with Gasteiger partial charge in [-0.2, -0.15) is 0 Å². The molecule has 0 fully saturated rings. The molecule has 14 heavy (non-hydrogen) atoms. The van der Waals surface area contributed by atoms with Crippen LogP contribution in [-0.4, -0.2) is 8.32 Å². The van der Waals surface area contributed by atoms with Crippen LogP contribution in [0.3, 0.4) is 0 Å². The van der Waals surface area contributed by atoms with Crippen molar-refractivity contribution in [2.45, 2.75) is 58.2 Å². The fraction of sp³-hybridized carbons (Fsp3) is 0.818. The second kappa shape index (κ2) is 5.54. The molecular formula is C11H23FOSi. The molecule has 3 heteroatoms. The summed E-state index contributed by atoms with van der Waals surface area (Å²) in [7, 11) is -1.88. The average molecular weight is 218 g/mol. The molecule has 0 amide bonds. The first-order valence-electron chi connectivity index (χ1n) is 5.32. The predicted octanol–water partition coefficient (Wildman–Crippen LogP) is 4.62. The standard InChI is InChI=1S/C11H23FOSi/c1-9(2)14(10(3)4,11(5)6)13-8-7-12/h7-11H,1-6H3/b8-7-. The minimum atomic E-state index is -1.88. The zero-order chi connectivity index (χ0) is 11.4. The molecule has 1 nitrogen and oxygen atoms in total. The summed E-state index contributed by atoms with van der Waals surface area (Å²) in [4.78, 5) is 0. The van der Waals surface area contributed by atoms with Gasteiger partial charge in [0.15, 0.2) is 0 Å². The molecule has 0 aliphatic carbocycles. The SMILES string of the molecule is CC(C)[Si](O/C=C\F)(C(C)C)C(C)C. The van der Waals surface area contributed by atoms with E-state index in [4.69, 9.17) is 4.43 Å². The van der Waals surface area contributed by atoms with E-state index in [1.54, 1.807) is 0 Å². The van der Waals surface area contributed by atoms with Crippen LogP contribution in [0.2, 0.25) is 16.6 Å². The van der Waals surface area contributed by atoms with Crippen molar-refractivity contribution >= 4 is 8.32 Å². The molecule has 84 valence electrons. The zero-order valence-electron chi connectivity index (χ0n) is 10.2. The van der Waals surface area contributed by atoms with Gasteiger partial charge in [-0.25, -0.2) is 4.39 Å². The lowest BCUT2D eigenvalue weighted by molar-refractivity contribution is 0.407. The van der Waals surface area contributed by atoms with Gasteiger partial charge >= 0.3 is 0 Å². The summed E-state index contributed by atoms with van der Waals surface area (Å²) in [6, 6.07) is 0. The third-order valence-electron chi connectivity index (χ3n) is 3.03. The predicted molar refractivity (Wildman–Crippen MR) is 62.4 cm³/mol. The summed E-state index contributed by atoms with van der Waals surface area (Å²) in [5.74, 6) is 0. The molecule has 0 aromatic carbocycles. The van der Waals surface area contributed by atoms with Gasteiger partial charge in [0.2, 0.25) is 0 Å². The van der Waals surface area contributed by atoms with Gasteiger partial charge in [-0.15, -0.1) is 0 Å². The largest absolute Gasteiger partial charge is 0.546 e. The Kier molecular flexibility index (Phi) is 5.42. The van der Waals surface area contributed by atoms with E-state index in [0.29, 0.717) is 23.0 Å². The molecule has 0 saturated heterocycles. The highest BCUT2D eigenvalue weighted by Crippen LogP contribution is 2.42. The molecule has 0 N–H and O–H groups in total. The van der Waals surface area contributed by atoms with Gasteiger partial charge in [-0.05, 0) is 16.6 Å². The molecule has 0 aromatic rings. The number of rotatable bonds is 5. The summed E-state index contributed by atoms with van der Waals surface area (Å²) in [6.07, 6.45) is 1.72. The average Bonchev–Trinajstić information content (AvgIpc) is 2.03. The van der Waals surface area contributed by atoms with E-state index in [1.807, 2.05) is 0 Å². The van der Waals surface area contributed by atoms with Gasteiger partial charge in [0.25, 0.3) is 8.32 Å². The Labute approximate surface area is 88.5 Å². The lowest BCUT2D eigenvalue weighted by atomic mass is 10.5. The van der Waals surface area contributed by atoms with Crippen LogP contribution >= 0.6 is 0 Å². The maximum absolute atomic E-state index is 12.0. The monoisotopic (exact) mass is 218 g/mol. The highest BCUT2D eigenvalue weighted by atomic mass is 28.4. The first kappa shape index (κ1) is 13.7. The zero-order valence-corrected chi connectivity index (χ0v) is 11.2. The van der Waals surface area contributed by atoms with E-state index in [9.17, 15) is 4.39 Å². The third-order valence-corrected chi connectivity index (χ3v) is 8.99. The Bertz CT molecular complexity index is 166. The molecule has 0 heterocycles. The Morgan fingerprint density at radius 2 is 1.29 bits per heavy atom. The van der Waals surface area contributed by atoms with Crippen LogP contribution in [-0.2, 0) is 4.43 Å². The van der Waals surface area contributed by atoms with E-state index < -0.39 is 8.32 Å². The van der Waals surface area contributed by atoms with Crippen LogP contribution in [0.25, 0.3) is 0 Å². The maximum Gasteiger partial charge on any atom is 0.258 e. The van der Waals surface area contributed by atoms with Crippen molar-refractivity contribution in [1.82, 2.24) is 0 Å². The molecule has 0 bridgehead atoms. The summed E-state index contributed by atoms with van der Waals surface area (Å²) < 4.78 is 17.8. The van der Waals surface area contributed by atoms with Crippen LogP contribution in [0.15, 0.2) is 12.6 Å². The molecular weight excluding hydrogens is 195 g/mol. The molecule has 0 saturated carbocycles. The Hall–Kier alpha value is -0.313. The molecule has 0 aromatic heterocycles. The van der Waals surface area contributed by atoms with E-state index in [0.717, 1.165) is 0 Å². The molecule has 0 spiro atoms. The van der Waals surface area contributed by atoms with Gasteiger partial charge in [0, 0.05) is 0 Å². The van der Waals surface area contributed by atoms with Crippen molar-refractivity contribution in [2.24, 2.45) is 0 Å². The Morgan fingerprint density at radius 1 is 0.929 bits per heavy atom. The second-order valence-corrected chi connectivity index (χ2v) is 10.1. The van der Waals surface area contributed by atoms with Crippen molar-refractivity contribution in [1.29, 1.82) is 0 Å². The highest BCUT2D eigenvalue weighted by molar-refractivity contribution is 6.77. The topological polar surface area (TPSA) is 9.23 Å². The Balaban J connectivity index is 4.94. The van der Waals surface area contributed by atoms with Crippen LogP contribution in [0, 0.1) is 0 Å². The van der Waals surface area contributed by atoms with Crippen molar-refractivity contribution in [3.05, 3.63) is 12.6 Å². The van der Waals surface area contributed by atoms with Gasteiger partial charge in [0.1, 0.15) is 6.33 Å². The van der Waals surface area contributed by atoms with Gasteiger partial charge in [-0.3, -0.25) is 0 Å². The minimum Gasteiger partial charge on any atom is -0.546 e. The summed E-state index contributed by atoms with van der Waals surface area (Å²) in [5, 5.41) is 0. The summed E-state index contributed by atoms with van der Waals surface area (Å²) in [5.41, 5.74) is 1.50. The smallest absolute Gasteiger partial charge is 0.258 e. The fourth-order valence-corrected chi connectivity index (χ4v) is 7.66. The van der Waals surface area contributed by atoms with Crippen LogP contribution in [0.1, 0.15) is 41.5 Å². The van der Waals surface area contributed by atoms with Crippen molar-refractivity contribution in [2.75, 3.05) is 0 Å².